The maximum Gasteiger partial charge on any atom is 0.246 e. The van der Waals surface area contributed by atoms with Crippen LogP contribution in [0.1, 0.15) is 41.5 Å². The molecule has 5 rings (SSSR count). The van der Waals surface area contributed by atoms with Crippen LogP contribution >= 0.6 is 0 Å². The number of benzene rings is 2. The fraction of sp³-hybridized carbons (Fsp3) is 0.517. The second-order valence-corrected chi connectivity index (χ2v) is 11.2. The molecule has 0 spiro atoms. The number of carbonyl (C=O) groups is 2. The zero-order chi connectivity index (χ0) is 24.9. The molecule has 5 nitrogen and oxygen atoms in total. The predicted octanol–water partition coefficient (Wildman–Crippen LogP) is 3.98. The Kier molecular flexibility index (Phi) is 6.43. The van der Waals surface area contributed by atoms with Gasteiger partial charge < -0.3 is 14.7 Å². The molecule has 2 aromatic carbocycles. The minimum atomic E-state index is -0.548. The van der Waals surface area contributed by atoms with E-state index in [0.29, 0.717) is 26.2 Å². The van der Waals surface area contributed by atoms with Gasteiger partial charge in [0, 0.05) is 32.1 Å². The van der Waals surface area contributed by atoms with Gasteiger partial charge in [-0.1, -0.05) is 48.4 Å². The summed E-state index contributed by atoms with van der Waals surface area (Å²) in [5.74, 6) is -0.171. The van der Waals surface area contributed by atoms with E-state index >= 15 is 0 Å². The molecule has 2 amide bonds. The number of aryl methyl sites for hydroxylation is 2. The fourth-order valence-electron chi connectivity index (χ4n) is 6.78. The van der Waals surface area contributed by atoms with Crippen LogP contribution in [0.5, 0.6) is 0 Å². The number of hydrogen-bond acceptors (Lipinski definition) is 3. The smallest absolute Gasteiger partial charge is 0.246 e. The summed E-state index contributed by atoms with van der Waals surface area (Å²) >= 11 is 0. The summed E-state index contributed by atoms with van der Waals surface area (Å²) in [4.78, 5) is 34.2. The van der Waals surface area contributed by atoms with Gasteiger partial charge in [0.15, 0.2) is 0 Å². The molecule has 0 N–H and O–H groups in total. The predicted molar refractivity (Wildman–Crippen MR) is 134 cm³/mol. The summed E-state index contributed by atoms with van der Waals surface area (Å²) in [6.45, 7) is 9.63. The van der Waals surface area contributed by atoms with Crippen molar-refractivity contribution in [2.45, 2.75) is 45.7 Å². The molecular formula is C29H36FN3O2. The summed E-state index contributed by atoms with van der Waals surface area (Å²) in [5.41, 5.74) is 4.45. The van der Waals surface area contributed by atoms with Crippen molar-refractivity contribution in [1.29, 1.82) is 0 Å². The lowest BCUT2D eigenvalue weighted by molar-refractivity contribution is -0.158. The van der Waals surface area contributed by atoms with Gasteiger partial charge in [-0.2, -0.15) is 0 Å². The molecule has 0 radical (unpaired) electrons. The second kappa shape index (κ2) is 9.38. The van der Waals surface area contributed by atoms with Gasteiger partial charge in [-0.3, -0.25) is 9.59 Å². The number of rotatable bonds is 3. The van der Waals surface area contributed by atoms with Crippen molar-refractivity contribution in [2.75, 3.05) is 33.2 Å². The lowest BCUT2D eigenvalue weighted by atomic mass is 9.66. The first kappa shape index (κ1) is 24.0. The Morgan fingerprint density at radius 2 is 1.63 bits per heavy atom. The van der Waals surface area contributed by atoms with Crippen molar-refractivity contribution in [3.63, 3.8) is 0 Å². The van der Waals surface area contributed by atoms with Gasteiger partial charge in [0.05, 0.1) is 5.92 Å². The fourth-order valence-corrected chi connectivity index (χ4v) is 6.78. The number of hydrogen-bond donors (Lipinski definition) is 0. The topological polar surface area (TPSA) is 43.9 Å². The van der Waals surface area contributed by atoms with Gasteiger partial charge in [-0.05, 0) is 69.0 Å². The molecule has 2 aromatic rings. The van der Waals surface area contributed by atoms with Crippen LogP contribution < -0.4 is 0 Å². The molecule has 6 heteroatoms. The minimum Gasteiger partial charge on any atom is -0.336 e. The van der Waals surface area contributed by atoms with Gasteiger partial charge >= 0.3 is 0 Å². The van der Waals surface area contributed by atoms with E-state index in [4.69, 9.17) is 0 Å². The first-order valence-electron chi connectivity index (χ1n) is 12.8. The Labute approximate surface area is 207 Å². The molecule has 0 bridgehead atoms. The van der Waals surface area contributed by atoms with E-state index in [1.54, 1.807) is 0 Å². The summed E-state index contributed by atoms with van der Waals surface area (Å²) in [7, 11) is 2.06. The standard InChI is InChI=1S/C29H36FN3O2/c1-18-11-19(2)13-21(12-18)16-32-14-20(3)15-33-27(29(32)35)26(22-5-7-23(30)8-6-22)24-9-10-31(4)17-25(24)28(33)34/h5-8,11-13,20,24-27H,9-10,14-17H2,1-4H3/t20-,24?,25?,26?,27?/m0/s1. The van der Waals surface area contributed by atoms with Gasteiger partial charge in [0.2, 0.25) is 11.8 Å². The maximum atomic E-state index is 14.3. The number of piperidine rings is 2. The highest BCUT2D eigenvalue weighted by molar-refractivity contribution is 5.92. The van der Waals surface area contributed by atoms with Crippen molar-refractivity contribution in [3.05, 3.63) is 70.5 Å². The highest BCUT2D eigenvalue weighted by Crippen LogP contribution is 2.46. The van der Waals surface area contributed by atoms with Crippen molar-refractivity contribution in [2.24, 2.45) is 17.8 Å². The monoisotopic (exact) mass is 477 g/mol. The molecule has 0 saturated carbocycles. The Morgan fingerprint density at radius 3 is 2.31 bits per heavy atom. The highest BCUT2D eigenvalue weighted by Gasteiger charge is 2.54. The SMILES string of the molecule is Cc1cc(C)cc(CN2C[C@H](C)CN3C(=O)C4CN(C)CCC4C(c4ccc(F)cc4)C3C2=O)c1. The third-order valence-corrected chi connectivity index (χ3v) is 8.12. The average molecular weight is 478 g/mol. The summed E-state index contributed by atoms with van der Waals surface area (Å²) in [6.07, 6.45) is 0.860. The molecule has 5 atom stereocenters. The van der Waals surface area contributed by atoms with Gasteiger partial charge in [-0.25, -0.2) is 4.39 Å². The van der Waals surface area contributed by atoms with E-state index in [1.807, 2.05) is 21.9 Å². The molecule has 0 aliphatic carbocycles. The molecule has 3 fully saturated rings. The van der Waals surface area contributed by atoms with Crippen LogP contribution in [0.15, 0.2) is 42.5 Å². The van der Waals surface area contributed by atoms with Crippen LogP contribution in [-0.2, 0) is 16.1 Å². The number of likely N-dealkylation sites (tertiary alicyclic amines) is 1. The maximum absolute atomic E-state index is 14.3. The Balaban J connectivity index is 1.56. The number of halogens is 1. The van der Waals surface area contributed by atoms with E-state index in [2.05, 4.69) is 50.9 Å². The Hall–Kier alpha value is -2.73. The van der Waals surface area contributed by atoms with Gasteiger partial charge in [-0.15, -0.1) is 0 Å². The quantitative estimate of drug-likeness (QED) is 0.672. The zero-order valence-corrected chi connectivity index (χ0v) is 21.2. The Bertz CT molecular complexity index is 1100. The van der Waals surface area contributed by atoms with E-state index < -0.39 is 6.04 Å². The van der Waals surface area contributed by atoms with Crippen molar-refractivity contribution >= 4 is 11.8 Å². The van der Waals surface area contributed by atoms with E-state index in [0.717, 1.165) is 24.1 Å². The average Bonchev–Trinajstić information content (AvgIpc) is 2.91. The highest BCUT2D eigenvalue weighted by atomic mass is 19.1. The molecule has 0 aromatic heterocycles. The van der Waals surface area contributed by atoms with Crippen LogP contribution in [0, 0.1) is 37.4 Å². The van der Waals surface area contributed by atoms with Crippen LogP contribution in [0.2, 0.25) is 0 Å². The van der Waals surface area contributed by atoms with Crippen LogP contribution in [-0.4, -0.2) is 65.8 Å². The molecule has 4 unspecified atom stereocenters. The van der Waals surface area contributed by atoms with E-state index in [1.165, 1.54) is 23.3 Å². The molecule has 3 aliphatic heterocycles. The van der Waals surface area contributed by atoms with Crippen LogP contribution in [0.4, 0.5) is 4.39 Å². The molecular weight excluding hydrogens is 441 g/mol. The lowest BCUT2D eigenvalue weighted by Gasteiger charge is -2.51. The number of nitrogens with zero attached hydrogens (tertiary/aromatic N) is 3. The van der Waals surface area contributed by atoms with Crippen LogP contribution in [0.3, 0.4) is 0 Å². The molecule has 186 valence electrons. The van der Waals surface area contributed by atoms with Crippen molar-refractivity contribution in [3.8, 4) is 0 Å². The number of fused-ring (bicyclic) bond motifs is 2. The third kappa shape index (κ3) is 4.61. The first-order chi connectivity index (χ1) is 16.7. The second-order valence-electron chi connectivity index (χ2n) is 11.2. The van der Waals surface area contributed by atoms with Gasteiger partial charge in [0.1, 0.15) is 11.9 Å². The first-order valence-corrected chi connectivity index (χ1v) is 12.8. The zero-order valence-electron chi connectivity index (χ0n) is 21.2. The summed E-state index contributed by atoms with van der Waals surface area (Å²) in [5, 5.41) is 0. The van der Waals surface area contributed by atoms with Crippen molar-refractivity contribution in [1.82, 2.24) is 14.7 Å². The molecule has 3 saturated heterocycles. The summed E-state index contributed by atoms with van der Waals surface area (Å²) in [6, 6.07) is 12.5. The largest absolute Gasteiger partial charge is 0.336 e. The molecule has 3 aliphatic rings. The molecule has 35 heavy (non-hydrogen) atoms. The lowest BCUT2D eigenvalue weighted by Crippen LogP contribution is -2.63. The van der Waals surface area contributed by atoms with Gasteiger partial charge in [0.25, 0.3) is 0 Å². The number of amides is 2. The summed E-state index contributed by atoms with van der Waals surface area (Å²) < 4.78 is 13.8. The van der Waals surface area contributed by atoms with Crippen molar-refractivity contribution < 1.29 is 14.0 Å². The Morgan fingerprint density at radius 1 is 0.943 bits per heavy atom. The normalized spacial score (nSPS) is 29.6. The minimum absolute atomic E-state index is 0.0218. The number of carbonyl (C=O) groups excluding carboxylic acids is 2. The third-order valence-electron chi connectivity index (χ3n) is 8.12. The van der Waals surface area contributed by atoms with E-state index in [-0.39, 0.29) is 41.3 Å². The van der Waals surface area contributed by atoms with E-state index in [9.17, 15) is 14.0 Å². The van der Waals surface area contributed by atoms with Crippen LogP contribution in [0.25, 0.3) is 0 Å². The molecule has 3 heterocycles.